The van der Waals surface area contributed by atoms with E-state index in [2.05, 4.69) is 0 Å². The van der Waals surface area contributed by atoms with E-state index in [1.807, 2.05) is 0 Å². The lowest BCUT2D eigenvalue weighted by Crippen LogP contribution is -2.60. The molecule has 0 radical (unpaired) electrons. The number of carbonyl (C=O) groups is 2. The first-order valence-electron chi connectivity index (χ1n) is 11.2. The van der Waals surface area contributed by atoms with E-state index in [1.54, 1.807) is 12.1 Å². The monoisotopic (exact) mass is 516 g/mol. The van der Waals surface area contributed by atoms with Crippen molar-refractivity contribution in [1.82, 2.24) is 0 Å². The van der Waals surface area contributed by atoms with Crippen LogP contribution in [0.4, 0.5) is 0 Å². The molecule has 2 aromatic carbocycles. The van der Waals surface area contributed by atoms with Gasteiger partial charge in [-0.2, -0.15) is 0 Å². The zero-order valence-corrected chi connectivity index (χ0v) is 19.2. The molecule has 1 aliphatic heterocycles. The molecule has 5 N–H and O–H groups in total. The number of hydrogen-bond donors (Lipinski definition) is 5. The third kappa shape index (κ3) is 5.89. The minimum Gasteiger partial charge on any atom is -0.508 e. The number of phenols is 1. The van der Waals surface area contributed by atoms with Crippen LogP contribution in [0.2, 0.25) is 0 Å². The summed E-state index contributed by atoms with van der Waals surface area (Å²) in [4.78, 5) is 35.2. The lowest BCUT2D eigenvalue weighted by Gasteiger charge is -2.39. The Kier molecular flexibility index (Phi) is 7.74. The van der Waals surface area contributed by atoms with Gasteiger partial charge in [0.15, 0.2) is 5.43 Å². The molecule has 0 aliphatic carbocycles. The van der Waals surface area contributed by atoms with Crippen molar-refractivity contribution in [3.05, 3.63) is 59.0 Å². The molecule has 37 heavy (non-hydrogen) atoms. The van der Waals surface area contributed by atoms with E-state index in [0.717, 1.165) is 0 Å². The zero-order chi connectivity index (χ0) is 26.7. The number of phenolic OH excluding ortho intramolecular Hbond substituents is 1. The van der Waals surface area contributed by atoms with Crippen molar-refractivity contribution in [3.63, 3.8) is 0 Å². The predicted molar refractivity (Wildman–Crippen MR) is 125 cm³/mol. The van der Waals surface area contributed by atoms with Crippen LogP contribution in [0.1, 0.15) is 12.8 Å². The van der Waals surface area contributed by atoms with E-state index >= 15 is 0 Å². The van der Waals surface area contributed by atoms with Gasteiger partial charge >= 0.3 is 11.9 Å². The van der Waals surface area contributed by atoms with Crippen LogP contribution in [0, 0.1) is 0 Å². The van der Waals surface area contributed by atoms with Gasteiger partial charge in [-0.05, 0) is 29.8 Å². The number of aromatic hydroxyl groups is 1. The number of aliphatic carboxylic acids is 1. The summed E-state index contributed by atoms with van der Waals surface area (Å²) in [6, 6.07) is 10.3. The number of ether oxygens (including phenoxy) is 3. The van der Waals surface area contributed by atoms with Gasteiger partial charge in [0.2, 0.25) is 6.29 Å². The van der Waals surface area contributed by atoms with Crippen LogP contribution in [0.15, 0.2) is 57.9 Å². The Morgan fingerprint density at radius 2 is 1.68 bits per heavy atom. The van der Waals surface area contributed by atoms with E-state index in [4.69, 9.17) is 23.7 Å². The van der Waals surface area contributed by atoms with E-state index in [0.29, 0.717) is 5.56 Å². The minimum absolute atomic E-state index is 0.0547. The van der Waals surface area contributed by atoms with Gasteiger partial charge in [0.1, 0.15) is 54.4 Å². The summed E-state index contributed by atoms with van der Waals surface area (Å²) in [5, 5.41) is 49.1. The van der Waals surface area contributed by atoms with Crippen molar-refractivity contribution in [3.8, 4) is 22.6 Å². The molecule has 2 heterocycles. The second-order valence-corrected chi connectivity index (χ2v) is 8.39. The molecule has 196 valence electrons. The molecular formula is C25H24O12. The van der Waals surface area contributed by atoms with Gasteiger partial charge in [-0.3, -0.25) is 14.4 Å². The second kappa shape index (κ2) is 11.0. The fraction of sp³-hybridized carbons (Fsp3) is 0.320. The van der Waals surface area contributed by atoms with Crippen LogP contribution in [0.5, 0.6) is 11.5 Å². The standard InChI is InChI=1S/C25H24O12/c26-13-3-1-12(2-4-13)16-10-34-17-9-14(5-6-15(17)21(16)30)36-25-24(33)23(32)22(31)18(37-25)11-35-20(29)8-7-19(27)28/h1-6,9-10,18,22-26,31-33H,7-8,11H2,(H,27,28)/t18-,22-,23+,24-,25-/m1/s1. The molecule has 0 unspecified atom stereocenters. The molecule has 5 atom stereocenters. The van der Waals surface area contributed by atoms with Crippen LogP contribution in [-0.2, 0) is 19.1 Å². The Morgan fingerprint density at radius 1 is 0.946 bits per heavy atom. The Hall–Kier alpha value is -3.97. The van der Waals surface area contributed by atoms with Crippen molar-refractivity contribution in [2.75, 3.05) is 6.61 Å². The molecule has 0 bridgehead atoms. The van der Waals surface area contributed by atoms with E-state index in [1.165, 1.54) is 36.6 Å². The number of aliphatic hydroxyl groups is 3. The molecule has 12 nitrogen and oxygen atoms in total. The summed E-state index contributed by atoms with van der Waals surface area (Å²) in [6.07, 6.45) is -7.31. The molecule has 3 aromatic rings. The van der Waals surface area contributed by atoms with E-state index < -0.39 is 55.7 Å². The van der Waals surface area contributed by atoms with Crippen LogP contribution in [0.3, 0.4) is 0 Å². The number of rotatable bonds is 8. The summed E-state index contributed by atoms with van der Waals surface area (Å²) in [6.45, 7) is -0.518. The lowest BCUT2D eigenvalue weighted by molar-refractivity contribution is -0.278. The van der Waals surface area contributed by atoms with Gasteiger partial charge in [0.05, 0.1) is 23.8 Å². The highest BCUT2D eigenvalue weighted by Gasteiger charge is 2.45. The molecule has 1 fully saturated rings. The molecule has 1 saturated heterocycles. The highest BCUT2D eigenvalue weighted by molar-refractivity contribution is 5.82. The van der Waals surface area contributed by atoms with Crippen molar-refractivity contribution < 1.29 is 53.7 Å². The number of benzene rings is 2. The average molecular weight is 516 g/mol. The topological polar surface area (TPSA) is 193 Å². The minimum atomic E-state index is -1.70. The van der Waals surface area contributed by atoms with Gasteiger partial charge in [-0.15, -0.1) is 0 Å². The molecule has 0 spiro atoms. The summed E-state index contributed by atoms with van der Waals surface area (Å²) in [5.41, 5.74) is 0.676. The maximum absolute atomic E-state index is 12.9. The Labute approximate surface area is 208 Å². The third-order valence-corrected chi connectivity index (χ3v) is 5.80. The summed E-state index contributed by atoms with van der Waals surface area (Å²) in [5.74, 6) is -1.86. The Morgan fingerprint density at radius 3 is 2.38 bits per heavy atom. The van der Waals surface area contributed by atoms with Crippen LogP contribution in [-0.4, -0.2) is 74.8 Å². The largest absolute Gasteiger partial charge is 0.508 e. The van der Waals surface area contributed by atoms with E-state index in [-0.39, 0.29) is 39.9 Å². The number of hydrogen-bond acceptors (Lipinski definition) is 11. The molecule has 1 aromatic heterocycles. The quantitative estimate of drug-likeness (QED) is 0.264. The smallest absolute Gasteiger partial charge is 0.306 e. The third-order valence-electron chi connectivity index (χ3n) is 5.80. The summed E-state index contributed by atoms with van der Waals surface area (Å²) in [7, 11) is 0. The lowest BCUT2D eigenvalue weighted by atomic mass is 9.99. The Bertz CT molecular complexity index is 1330. The van der Waals surface area contributed by atoms with E-state index in [9.17, 15) is 34.8 Å². The van der Waals surface area contributed by atoms with Gasteiger partial charge in [-0.25, -0.2) is 0 Å². The normalized spacial score (nSPS) is 23.5. The summed E-state index contributed by atoms with van der Waals surface area (Å²) < 4.78 is 21.6. The zero-order valence-electron chi connectivity index (χ0n) is 19.2. The molecule has 0 saturated carbocycles. The first-order chi connectivity index (χ1) is 17.6. The number of esters is 1. The first kappa shape index (κ1) is 26.1. The molecule has 4 rings (SSSR count). The molecule has 1 aliphatic rings. The maximum atomic E-state index is 12.9. The van der Waals surface area contributed by atoms with Crippen molar-refractivity contribution in [1.29, 1.82) is 0 Å². The van der Waals surface area contributed by atoms with Crippen molar-refractivity contribution in [2.45, 2.75) is 43.5 Å². The molecule has 12 heteroatoms. The number of carboxylic acids is 1. The molecular weight excluding hydrogens is 492 g/mol. The van der Waals surface area contributed by atoms with Crippen LogP contribution in [0.25, 0.3) is 22.1 Å². The van der Waals surface area contributed by atoms with Crippen LogP contribution < -0.4 is 10.2 Å². The predicted octanol–water partition coefficient (Wildman–Crippen LogP) is 0.760. The SMILES string of the molecule is O=C(O)CCC(=O)OC[C@H]1O[C@@H](Oc2ccc3c(=O)c(-c4ccc(O)cc4)coc3c2)[C@H](O)[C@@H](O)[C@@H]1O. The molecule has 0 amide bonds. The van der Waals surface area contributed by atoms with Crippen molar-refractivity contribution >= 4 is 22.9 Å². The summed E-state index contributed by atoms with van der Waals surface area (Å²) >= 11 is 0. The fourth-order valence-corrected chi connectivity index (χ4v) is 3.76. The second-order valence-electron chi connectivity index (χ2n) is 8.39. The fourth-order valence-electron chi connectivity index (χ4n) is 3.76. The number of carbonyl (C=O) groups excluding carboxylic acids is 1. The van der Waals surface area contributed by atoms with Crippen LogP contribution >= 0.6 is 0 Å². The highest BCUT2D eigenvalue weighted by atomic mass is 16.7. The number of aliphatic hydroxyl groups excluding tert-OH is 3. The maximum Gasteiger partial charge on any atom is 0.306 e. The Balaban J connectivity index is 1.48. The van der Waals surface area contributed by atoms with Gasteiger partial charge < -0.3 is 44.2 Å². The number of carboxylic acid groups (broad SMARTS) is 1. The number of fused-ring (bicyclic) bond motifs is 1. The van der Waals surface area contributed by atoms with Crippen molar-refractivity contribution in [2.24, 2.45) is 0 Å². The van der Waals surface area contributed by atoms with Gasteiger partial charge in [0, 0.05) is 6.07 Å². The highest BCUT2D eigenvalue weighted by Crippen LogP contribution is 2.28. The van der Waals surface area contributed by atoms with Gasteiger partial charge in [0.25, 0.3) is 0 Å². The average Bonchev–Trinajstić information content (AvgIpc) is 2.88. The van der Waals surface area contributed by atoms with Gasteiger partial charge in [-0.1, -0.05) is 12.1 Å². The first-order valence-corrected chi connectivity index (χ1v) is 11.2.